The van der Waals surface area contributed by atoms with E-state index in [1.54, 1.807) is 0 Å². The maximum absolute atomic E-state index is 11.5. The number of carbonyl (C=O) groups excluding carboxylic acids is 1. The molecule has 110 valence electrons. The summed E-state index contributed by atoms with van der Waals surface area (Å²) >= 11 is 6.13. The Kier molecular flexibility index (Phi) is 4.61. The molecular weight excluding hydrogens is 282 g/mol. The lowest BCUT2D eigenvalue weighted by molar-refractivity contribution is 0.0595. The summed E-state index contributed by atoms with van der Waals surface area (Å²) in [7, 11) is 1.26. The molecule has 1 aromatic heterocycles. The molecule has 0 bridgehead atoms. The number of nitrogens with zero attached hydrogens (tertiary/aromatic N) is 3. The third-order valence-corrected chi connectivity index (χ3v) is 3.54. The number of esters is 1. The summed E-state index contributed by atoms with van der Waals surface area (Å²) in [6.45, 7) is 4.50. The van der Waals surface area contributed by atoms with Crippen LogP contribution in [0.2, 0.25) is 5.15 Å². The Hall–Kier alpha value is -1.60. The van der Waals surface area contributed by atoms with E-state index in [1.807, 2.05) is 4.90 Å². The number of aromatic nitrogens is 2. The predicted molar refractivity (Wildman–Crippen MR) is 77.1 cm³/mol. The molecule has 8 heteroatoms. The number of nitrogen functional groups attached to an aromatic ring is 1. The molecular formula is C12H18ClN5O2. The molecule has 2 rings (SSSR count). The van der Waals surface area contributed by atoms with Crippen molar-refractivity contribution in [3.8, 4) is 0 Å². The number of nitrogens with one attached hydrogen (secondary N) is 1. The van der Waals surface area contributed by atoms with Gasteiger partial charge in [-0.05, 0) is 6.42 Å². The summed E-state index contributed by atoms with van der Waals surface area (Å²) in [6, 6.07) is 0.378. The first-order chi connectivity index (χ1) is 9.56. The summed E-state index contributed by atoms with van der Waals surface area (Å²) in [5, 5.41) is 3.57. The Balaban J connectivity index is 2.29. The van der Waals surface area contributed by atoms with Crippen molar-refractivity contribution in [2.75, 3.05) is 37.4 Å². The molecule has 0 amide bonds. The lowest BCUT2D eigenvalue weighted by Crippen LogP contribution is -2.50. The van der Waals surface area contributed by atoms with Gasteiger partial charge in [-0.15, -0.1) is 0 Å². The molecule has 3 N–H and O–H groups in total. The van der Waals surface area contributed by atoms with Gasteiger partial charge in [-0.1, -0.05) is 18.5 Å². The van der Waals surface area contributed by atoms with Crippen LogP contribution in [-0.2, 0) is 4.74 Å². The number of ether oxygens (including phenoxy) is 1. The smallest absolute Gasteiger partial charge is 0.360 e. The fraction of sp³-hybridized carbons (Fsp3) is 0.583. The topological polar surface area (TPSA) is 93.4 Å². The molecule has 7 nitrogen and oxygen atoms in total. The van der Waals surface area contributed by atoms with E-state index in [-0.39, 0.29) is 16.7 Å². The van der Waals surface area contributed by atoms with Crippen LogP contribution < -0.4 is 16.0 Å². The van der Waals surface area contributed by atoms with E-state index in [4.69, 9.17) is 17.3 Å². The normalized spacial score (nSPS) is 18.9. The largest absolute Gasteiger partial charge is 0.464 e. The molecule has 1 saturated heterocycles. The summed E-state index contributed by atoms with van der Waals surface area (Å²) in [5.41, 5.74) is 5.71. The number of piperazine rings is 1. The van der Waals surface area contributed by atoms with Crippen LogP contribution in [0.1, 0.15) is 23.8 Å². The molecule has 1 aliphatic rings. The van der Waals surface area contributed by atoms with Crippen LogP contribution >= 0.6 is 11.6 Å². The number of carbonyl (C=O) groups is 1. The summed E-state index contributed by atoms with van der Waals surface area (Å²) in [6.07, 6.45) is 1.01. The zero-order chi connectivity index (χ0) is 14.7. The Labute approximate surface area is 122 Å². The molecule has 1 fully saturated rings. The highest BCUT2D eigenvalue weighted by atomic mass is 35.5. The summed E-state index contributed by atoms with van der Waals surface area (Å²) in [5.74, 6) is -0.102. The van der Waals surface area contributed by atoms with Gasteiger partial charge in [0.15, 0.2) is 22.5 Å². The van der Waals surface area contributed by atoms with Gasteiger partial charge in [-0.3, -0.25) is 0 Å². The Morgan fingerprint density at radius 1 is 1.60 bits per heavy atom. The molecule has 1 aromatic rings. The van der Waals surface area contributed by atoms with Gasteiger partial charge in [0.25, 0.3) is 0 Å². The molecule has 0 unspecified atom stereocenters. The van der Waals surface area contributed by atoms with Crippen LogP contribution in [0.15, 0.2) is 0 Å². The number of nitrogens with two attached hydrogens (primary N) is 1. The lowest BCUT2D eigenvalue weighted by atomic mass is 10.1. The van der Waals surface area contributed by atoms with Crippen molar-refractivity contribution in [1.82, 2.24) is 15.3 Å². The second-order valence-electron chi connectivity index (χ2n) is 4.57. The highest BCUT2D eigenvalue weighted by molar-refractivity contribution is 6.32. The van der Waals surface area contributed by atoms with Crippen LogP contribution in [0.25, 0.3) is 0 Å². The maximum Gasteiger partial charge on any atom is 0.360 e. The molecule has 0 saturated carbocycles. The summed E-state index contributed by atoms with van der Waals surface area (Å²) < 4.78 is 4.59. The van der Waals surface area contributed by atoms with Gasteiger partial charge in [0, 0.05) is 25.7 Å². The van der Waals surface area contributed by atoms with Crippen molar-refractivity contribution in [3.63, 3.8) is 0 Å². The SMILES string of the molecule is CC[C@H]1CN(c2nc(N)c(C(=O)OC)nc2Cl)CCN1. The minimum Gasteiger partial charge on any atom is -0.464 e. The Bertz CT molecular complexity index is 511. The third kappa shape index (κ3) is 2.94. The minimum absolute atomic E-state index is 0.0304. The summed E-state index contributed by atoms with van der Waals surface area (Å²) in [4.78, 5) is 21.7. The quantitative estimate of drug-likeness (QED) is 0.793. The van der Waals surface area contributed by atoms with Crippen LogP contribution in [0.3, 0.4) is 0 Å². The fourth-order valence-electron chi connectivity index (χ4n) is 2.16. The zero-order valence-corrected chi connectivity index (χ0v) is 12.3. The second-order valence-corrected chi connectivity index (χ2v) is 4.93. The van der Waals surface area contributed by atoms with E-state index in [0.717, 1.165) is 26.1 Å². The number of rotatable bonds is 3. The minimum atomic E-state index is -0.643. The number of methoxy groups -OCH3 is 1. The molecule has 20 heavy (non-hydrogen) atoms. The van der Waals surface area contributed by atoms with E-state index in [9.17, 15) is 4.79 Å². The molecule has 0 aromatic carbocycles. The second kappa shape index (κ2) is 6.23. The van der Waals surface area contributed by atoms with Crippen molar-refractivity contribution >= 4 is 29.2 Å². The van der Waals surface area contributed by atoms with Gasteiger partial charge < -0.3 is 20.7 Å². The van der Waals surface area contributed by atoms with Gasteiger partial charge in [0.05, 0.1) is 7.11 Å². The molecule has 2 heterocycles. The molecule has 0 spiro atoms. The van der Waals surface area contributed by atoms with Crippen LogP contribution in [0.5, 0.6) is 0 Å². The predicted octanol–water partition coefficient (Wildman–Crippen LogP) is 0.687. The average Bonchev–Trinajstić information content (AvgIpc) is 2.48. The highest BCUT2D eigenvalue weighted by Crippen LogP contribution is 2.25. The molecule has 0 aliphatic carbocycles. The lowest BCUT2D eigenvalue weighted by Gasteiger charge is -2.34. The molecule has 1 aliphatic heterocycles. The molecule has 0 radical (unpaired) electrons. The fourth-order valence-corrected chi connectivity index (χ4v) is 2.40. The highest BCUT2D eigenvalue weighted by Gasteiger charge is 2.24. The zero-order valence-electron chi connectivity index (χ0n) is 11.5. The van der Waals surface area contributed by atoms with Crippen molar-refractivity contribution in [1.29, 1.82) is 0 Å². The van der Waals surface area contributed by atoms with Gasteiger partial charge >= 0.3 is 5.97 Å². The first kappa shape index (κ1) is 14.8. The number of hydrogen-bond acceptors (Lipinski definition) is 7. The van der Waals surface area contributed by atoms with Crippen molar-refractivity contribution in [2.24, 2.45) is 0 Å². The van der Waals surface area contributed by atoms with Crippen LogP contribution in [0, 0.1) is 0 Å². The number of anilines is 2. The number of hydrogen-bond donors (Lipinski definition) is 2. The first-order valence-electron chi connectivity index (χ1n) is 6.46. The maximum atomic E-state index is 11.5. The van der Waals surface area contributed by atoms with Crippen LogP contribution in [-0.4, -0.2) is 48.7 Å². The van der Waals surface area contributed by atoms with E-state index in [0.29, 0.717) is 11.9 Å². The van der Waals surface area contributed by atoms with Crippen molar-refractivity contribution in [2.45, 2.75) is 19.4 Å². The average molecular weight is 300 g/mol. The van der Waals surface area contributed by atoms with Crippen molar-refractivity contribution < 1.29 is 9.53 Å². The van der Waals surface area contributed by atoms with E-state index >= 15 is 0 Å². The van der Waals surface area contributed by atoms with E-state index in [1.165, 1.54) is 7.11 Å². The van der Waals surface area contributed by atoms with Gasteiger partial charge in [-0.2, -0.15) is 0 Å². The standard InChI is InChI=1S/C12H18ClN5O2/c1-3-7-6-18(5-4-15-7)11-9(13)16-8(10(14)17-11)12(19)20-2/h7,15H,3-6H2,1-2H3,(H2,14,17)/t7-/m0/s1. The Morgan fingerprint density at radius 3 is 3.00 bits per heavy atom. The first-order valence-corrected chi connectivity index (χ1v) is 6.84. The van der Waals surface area contributed by atoms with Crippen LogP contribution in [0.4, 0.5) is 11.6 Å². The van der Waals surface area contributed by atoms with Gasteiger partial charge in [0.1, 0.15) is 0 Å². The monoisotopic (exact) mass is 299 g/mol. The van der Waals surface area contributed by atoms with Crippen molar-refractivity contribution in [3.05, 3.63) is 10.8 Å². The van der Waals surface area contributed by atoms with E-state index < -0.39 is 5.97 Å². The van der Waals surface area contributed by atoms with Gasteiger partial charge in [-0.25, -0.2) is 14.8 Å². The number of halogens is 1. The Morgan fingerprint density at radius 2 is 2.35 bits per heavy atom. The molecule has 1 atom stereocenters. The third-order valence-electron chi connectivity index (χ3n) is 3.29. The van der Waals surface area contributed by atoms with E-state index in [2.05, 4.69) is 26.9 Å². The van der Waals surface area contributed by atoms with Gasteiger partial charge in [0.2, 0.25) is 0 Å².